The van der Waals surface area contributed by atoms with Gasteiger partial charge in [-0.1, -0.05) is 19.8 Å². The number of rotatable bonds is 2. The molecule has 2 saturated carbocycles. The molecule has 1 saturated heterocycles. The minimum atomic E-state index is 0.471. The van der Waals surface area contributed by atoms with E-state index in [9.17, 15) is 0 Å². The van der Waals surface area contributed by atoms with Crippen LogP contribution in [0.4, 0.5) is 0 Å². The van der Waals surface area contributed by atoms with Gasteiger partial charge in [0.15, 0.2) is 0 Å². The van der Waals surface area contributed by atoms with E-state index in [1.807, 2.05) is 0 Å². The van der Waals surface area contributed by atoms with E-state index in [1.165, 1.54) is 77.4 Å². The third-order valence-electron chi connectivity index (χ3n) is 6.38. The molecule has 0 aromatic heterocycles. The Balaban J connectivity index is 1.48. The van der Waals surface area contributed by atoms with Crippen LogP contribution in [0.2, 0.25) is 0 Å². The second-order valence-corrected chi connectivity index (χ2v) is 7.85. The summed E-state index contributed by atoms with van der Waals surface area (Å²) in [5.74, 6) is 1.66. The fourth-order valence-electron chi connectivity index (χ4n) is 4.90. The Bertz CT molecular complexity index is 286. The van der Waals surface area contributed by atoms with Gasteiger partial charge in [0.2, 0.25) is 0 Å². The molecule has 0 aromatic carbocycles. The third-order valence-corrected chi connectivity index (χ3v) is 6.38. The molecule has 0 amide bonds. The summed E-state index contributed by atoms with van der Waals surface area (Å²) in [5.41, 5.74) is 7.11. The van der Waals surface area contributed by atoms with Crippen molar-refractivity contribution >= 4 is 0 Å². The zero-order chi connectivity index (χ0) is 13.3. The average Bonchev–Trinajstić information content (AvgIpc) is 2.85. The van der Waals surface area contributed by atoms with Crippen molar-refractivity contribution in [3.05, 3.63) is 0 Å². The van der Waals surface area contributed by atoms with Crippen molar-refractivity contribution in [2.24, 2.45) is 23.0 Å². The van der Waals surface area contributed by atoms with Crippen molar-refractivity contribution in [3.8, 4) is 0 Å². The van der Waals surface area contributed by atoms with Gasteiger partial charge in [-0.25, -0.2) is 0 Å². The summed E-state index contributed by atoms with van der Waals surface area (Å²) in [6, 6.07) is 0.471. The summed E-state index contributed by atoms with van der Waals surface area (Å²) in [6.45, 7) is 6.37. The van der Waals surface area contributed by atoms with Gasteiger partial charge in [0.1, 0.15) is 0 Å². The van der Waals surface area contributed by atoms with Crippen molar-refractivity contribution in [1.29, 1.82) is 0 Å². The van der Waals surface area contributed by atoms with Gasteiger partial charge in [0.05, 0.1) is 0 Å². The first-order valence-corrected chi connectivity index (χ1v) is 8.65. The highest BCUT2D eigenvalue weighted by Gasteiger charge is 2.37. The molecule has 2 aliphatic carbocycles. The molecule has 0 bridgehead atoms. The maximum absolute atomic E-state index is 6.35. The number of hydrogen-bond acceptors (Lipinski definition) is 2. The summed E-state index contributed by atoms with van der Waals surface area (Å²) in [7, 11) is 0. The zero-order valence-corrected chi connectivity index (χ0v) is 12.7. The SMILES string of the molecule is CC1CCC(N)C(CN2CCC3(CCCC3)CC2)C1. The van der Waals surface area contributed by atoms with Crippen LogP contribution in [0.25, 0.3) is 0 Å². The molecule has 3 unspecified atom stereocenters. The van der Waals surface area contributed by atoms with Gasteiger partial charge >= 0.3 is 0 Å². The molecule has 1 aliphatic heterocycles. The smallest absolute Gasteiger partial charge is 0.00795 e. The molecule has 2 heteroatoms. The highest BCUT2D eigenvalue weighted by Crippen LogP contribution is 2.46. The molecular formula is C17H32N2. The summed E-state index contributed by atoms with van der Waals surface area (Å²) in [4.78, 5) is 2.73. The Morgan fingerprint density at radius 3 is 2.42 bits per heavy atom. The van der Waals surface area contributed by atoms with Crippen LogP contribution in [0.3, 0.4) is 0 Å². The Kier molecular flexibility index (Phi) is 4.19. The van der Waals surface area contributed by atoms with E-state index in [2.05, 4.69) is 11.8 Å². The number of piperidine rings is 1. The summed E-state index contributed by atoms with van der Waals surface area (Å²) < 4.78 is 0. The largest absolute Gasteiger partial charge is 0.327 e. The van der Waals surface area contributed by atoms with E-state index >= 15 is 0 Å². The maximum Gasteiger partial charge on any atom is 0.00795 e. The molecule has 2 N–H and O–H groups in total. The lowest BCUT2D eigenvalue weighted by Crippen LogP contribution is -2.46. The second kappa shape index (κ2) is 5.73. The van der Waals surface area contributed by atoms with Crippen molar-refractivity contribution in [2.45, 2.75) is 70.8 Å². The first-order chi connectivity index (χ1) is 9.17. The highest BCUT2D eigenvalue weighted by atomic mass is 15.1. The molecule has 3 atom stereocenters. The van der Waals surface area contributed by atoms with E-state index in [1.54, 1.807) is 0 Å². The molecule has 3 aliphatic rings. The zero-order valence-electron chi connectivity index (χ0n) is 12.7. The maximum atomic E-state index is 6.35. The average molecular weight is 264 g/mol. The third kappa shape index (κ3) is 3.16. The Labute approximate surface area is 119 Å². The molecule has 3 rings (SSSR count). The van der Waals surface area contributed by atoms with Crippen LogP contribution < -0.4 is 5.73 Å². The van der Waals surface area contributed by atoms with E-state index < -0.39 is 0 Å². The number of hydrogen-bond donors (Lipinski definition) is 1. The molecule has 1 heterocycles. The minimum Gasteiger partial charge on any atom is -0.327 e. The highest BCUT2D eigenvalue weighted by molar-refractivity contribution is 4.91. The lowest BCUT2D eigenvalue weighted by molar-refractivity contribution is 0.0800. The number of nitrogens with two attached hydrogens (primary N) is 1. The van der Waals surface area contributed by atoms with Crippen LogP contribution in [0, 0.1) is 17.3 Å². The van der Waals surface area contributed by atoms with Crippen LogP contribution in [0.5, 0.6) is 0 Å². The Morgan fingerprint density at radius 1 is 1.05 bits per heavy atom. The second-order valence-electron chi connectivity index (χ2n) is 7.85. The van der Waals surface area contributed by atoms with E-state index in [0.29, 0.717) is 6.04 Å². The number of nitrogens with zero attached hydrogens (tertiary/aromatic N) is 1. The fourth-order valence-corrected chi connectivity index (χ4v) is 4.90. The first-order valence-electron chi connectivity index (χ1n) is 8.65. The van der Waals surface area contributed by atoms with Crippen LogP contribution in [0.1, 0.15) is 64.7 Å². The van der Waals surface area contributed by atoms with Crippen LogP contribution in [-0.4, -0.2) is 30.6 Å². The molecule has 3 fully saturated rings. The summed E-state index contributed by atoms with van der Waals surface area (Å²) in [5, 5.41) is 0. The van der Waals surface area contributed by atoms with Crippen LogP contribution in [-0.2, 0) is 0 Å². The van der Waals surface area contributed by atoms with E-state index in [0.717, 1.165) is 17.3 Å². The first kappa shape index (κ1) is 13.9. The molecule has 0 aromatic rings. The topological polar surface area (TPSA) is 29.3 Å². The van der Waals surface area contributed by atoms with E-state index in [4.69, 9.17) is 5.73 Å². The Morgan fingerprint density at radius 2 is 1.74 bits per heavy atom. The van der Waals surface area contributed by atoms with Crippen LogP contribution >= 0.6 is 0 Å². The lowest BCUT2D eigenvalue weighted by atomic mass is 9.75. The van der Waals surface area contributed by atoms with Crippen LogP contribution in [0.15, 0.2) is 0 Å². The van der Waals surface area contributed by atoms with Crippen molar-refractivity contribution in [2.75, 3.05) is 19.6 Å². The number of likely N-dealkylation sites (tertiary alicyclic amines) is 1. The van der Waals surface area contributed by atoms with Gasteiger partial charge in [-0.3, -0.25) is 0 Å². The van der Waals surface area contributed by atoms with Gasteiger partial charge in [-0.15, -0.1) is 0 Å². The molecule has 19 heavy (non-hydrogen) atoms. The van der Waals surface area contributed by atoms with Gasteiger partial charge in [-0.05, 0) is 75.3 Å². The fraction of sp³-hybridized carbons (Fsp3) is 1.00. The van der Waals surface area contributed by atoms with Gasteiger partial charge < -0.3 is 10.6 Å². The van der Waals surface area contributed by atoms with Crippen molar-refractivity contribution < 1.29 is 0 Å². The van der Waals surface area contributed by atoms with Crippen molar-refractivity contribution in [3.63, 3.8) is 0 Å². The predicted octanol–water partition coefficient (Wildman–Crippen LogP) is 3.41. The summed E-state index contributed by atoms with van der Waals surface area (Å²) >= 11 is 0. The quantitative estimate of drug-likeness (QED) is 0.828. The molecule has 0 radical (unpaired) electrons. The minimum absolute atomic E-state index is 0.471. The predicted molar refractivity (Wildman–Crippen MR) is 81.1 cm³/mol. The molecular weight excluding hydrogens is 232 g/mol. The summed E-state index contributed by atoms with van der Waals surface area (Å²) in [6.07, 6.45) is 12.9. The normalized spacial score (nSPS) is 39.8. The van der Waals surface area contributed by atoms with Crippen molar-refractivity contribution in [1.82, 2.24) is 4.90 Å². The Hall–Kier alpha value is -0.0800. The van der Waals surface area contributed by atoms with Gasteiger partial charge in [-0.2, -0.15) is 0 Å². The van der Waals surface area contributed by atoms with E-state index in [-0.39, 0.29) is 0 Å². The molecule has 1 spiro atoms. The lowest BCUT2D eigenvalue weighted by Gasteiger charge is -2.42. The molecule has 110 valence electrons. The standard InChI is InChI=1S/C17H32N2/c1-14-4-5-16(18)15(12-14)13-19-10-8-17(9-11-19)6-2-3-7-17/h14-16H,2-13,18H2,1H3. The van der Waals surface area contributed by atoms with Gasteiger partial charge in [0, 0.05) is 12.6 Å². The molecule has 2 nitrogen and oxygen atoms in total. The van der Waals surface area contributed by atoms with Gasteiger partial charge in [0.25, 0.3) is 0 Å². The monoisotopic (exact) mass is 264 g/mol.